The van der Waals surface area contributed by atoms with Crippen LogP contribution in [-0.4, -0.2) is 22.7 Å². The Kier molecular flexibility index (Phi) is 5.33. The number of aryl methyl sites for hydroxylation is 1. The molecule has 0 aliphatic heterocycles. The lowest BCUT2D eigenvalue weighted by Crippen LogP contribution is -2.20. The Balaban J connectivity index is 1.47. The smallest absolute Gasteiger partial charge is 0.262 e. The SMILES string of the molecule is Cc1cccc(NC(=O)COc2ccccc2-c2nc(-c3ccccc3)no2)c1. The van der Waals surface area contributed by atoms with Crippen LogP contribution in [0.2, 0.25) is 0 Å². The van der Waals surface area contributed by atoms with Crippen molar-refractivity contribution in [3.8, 4) is 28.6 Å². The van der Waals surface area contributed by atoms with E-state index in [0.29, 0.717) is 23.0 Å². The molecule has 0 unspecified atom stereocenters. The molecule has 1 aromatic heterocycles. The van der Waals surface area contributed by atoms with Crippen molar-refractivity contribution in [2.24, 2.45) is 0 Å². The zero-order chi connectivity index (χ0) is 20.1. The first-order chi connectivity index (χ1) is 14.2. The van der Waals surface area contributed by atoms with E-state index in [1.54, 1.807) is 6.07 Å². The third-order valence-electron chi connectivity index (χ3n) is 4.24. The van der Waals surface area contributed by atoms with E-state index in [0.717, 1.165) is 16.8 Å². The summed E-state index contributed by atoms with van der Waals surface area (Å²) in [6.45, 7) is 1.83. The highest BCUT2D eigenvalue weighted by molar-refractivity contribution is 5.92. The number of ether oxygens (including phenoxy) is 1. The highest BCUT2D eigenvalue weighted by Crippen LogP contribution is 2.30. The molecule has 4 rings (SSSR count). The van der Waals surface area contributed by atoms with Gasteiger partial charge in [0.1, 0.15) is 5.75 Å². The normalized spacial score (nSPS) is 10.5. The molecule has 0 aliphatic carbocycles. The van der Waals surface area contributed by atoms with Gasteiger partial charge in [-0.05, 0) is 36.8 Å². The zero-order valence-corrected chi connectivity index (χ0v) is 15.8. The second-order valence-electron chi connectivity index (χ2n) is 6.49. The molecular weight excluding hydrogens is 366 g/mol. The number of benzene rings is 3. The standard InChI is InChI=1S/C23H19N3O3/c1-16-8-7-11-18(14-16)24-21(27)15-28-20-13-6-5-12-19(20)23-25-22(26-29-23)17-9-3-2-4-10-17/h2-14H,15H2,1H3,(H,24,27). The van der Waals surface area contributed by atoms with Gasteiger partial charge >= 0.3 is 0 Å². The molecule has 1 N–H and O–H groups in total. The number of para-hydroxylation sites is 1. The van der Waals surface area contributed by atoms with Crippen LogP contribution in [0.5, 0.6) is 5.75 Å². The second kappa shape index (κ2) is 8.39. The van der Waals surface area contributed by atoms with E-state index in [1.165, 1.54) is 0 Å². The van der Waals surface area contributed by atoms with Gasteiger partial charge in [-0.15, -0.1) is 0 Å². The number of anilines is 1. The monoisotopic (exact) mass is 385 g/mol. The Hall–Kier alpha value is -3.93. The molecule has 0 fully saturated rings. The molecule has 0 saturated heterocycles. The molecule has 144 valence electrons. The van der Waals surface area contributed by atoms with Gasteiger partial charge in [0.25, 0.3) is 11.8 Å². The number of hydrogen-bond acceptors (Lipinski definition) is 5. The van der Waals surface area contributed by atoms with Crippen LogP contribution in [0.3, 0.4) is 0 Å². The molecule has 3 aromatic carbocycles. The highest BCUT2D eigenvalue weighted by atomic mass is 16.5. The van der Waals surface area contributed by atoms with E-state index in [4.69, 9.17) is 9.26 Å². The minimum absolute atomic E-state index is 0.134. The van der Waals surface area contributed by atoms with E-state index >= 15 is 0 Å². The Morgan fingerprint density at radius 3 is 2.62 bits per heavy atom. The van der Waals surface area contributed by atoms with Crippen LogP contribution < -0.4 is 10.1 Å². The van der Waals surface area contributed by atoms with E-state index < -0.39 is 0 Å². The molecule has 29 heavy (non-hydrogen) atoms. The maximum atomic E-state index is 12.2. The summed E-state index contributed by atoms with van der Waals surface area (Å²) in [6.07, 6.45) is 0. The fourth-order valence-corrected chi connectivity index (χ4v) is 2.87. The van der Waals surface area contributed by atoms with Crippen LogP contribution in [0.1, 0.15) is 5.56 Å². The van der Waals surface area contributed by atoms with Crippen molar-refractivity contribution in [1.29, 1.82) is 0 Å². The third-order valence-corrected chi connectivity index (χ3v) is 4.24. The number of hydrogen-bond donors (Lipinski definition) is 1. The minimum atomic E-state index is -0.249. The fraction of sp³-hybridized carbons (Fsp3) is 0.0870. The van der Waals surface area contributed by atoms with Gasteiger partial charge in [-0.2, -0.15) is 4.98 Å². The maximum Gasteiger partial charge on any atom is 0.262 e. The molecule has 0 saturated carbocycles. The molecule has 0 aliphatic rings. The largest absolute Gasteiger partial charge is 0.483 e. The van der Waals surface area contributed by atoms with Gasteiger partial charge in [-0.3, -0.25) is 4.79 Å². The van der Waals surface area contributed by atoms with Gasteiger partial charge in [0.15, 0.2) is 6.61 Å². The zero-order valence-electron chi connectivity index (χ0n) is 15.8. The van der Waals surface area contributed by atoms with Crippen LogP contribution >= 0.6 is 0 Å². The first-order valence-corrected chi connectivity index (χ1v) is 9.17. The number of amides is 1. The number of nitrogens with zero attached hydrogens (tertiary/aromatic N) is 2. The number of nitrogens with one attached hydrogen (secondary N) is 1. The van der Waals surface area contributed by atoms with Crippen molar-refractivity contribution in [3.05, 3.63) is 84.4 Å². The molecule has 1 amide bonds. The van der Waals surface area contributed by atoms with Gasteiger partial charge in [0.2, 0.25) is 5.82 Å². The Bertz CT molecular complexity index is 1120. The minimum Gasteiger partial charge on any atom is -0.483 e. The predicted molar refractivity (Wildman–Crippen MR) is 110 cm³/mol. The van der Waals surface area contributed by atoms with Gasteiger partial charge in [0.05, 0.1) is 5.56 Å². The molecule has 4 aromatic rings. The predicted octanol–water partition coefficient (Wildman–Crippen LogP) is 4.73. The van der Waals surface area contributed by atoms with Crippen molar-refractivity contribution in [3.63, 3.8) is 0 Å². The first-order valence-electron chi connectivity index (χ1n) is 9.17. The topological polar surface area (TPSA) is 77.2 Å². The second-order valence-corrected chi connectivity index (χ2v) is 6.49. The average Bonchev–Trinajstić information content (AvgIpc) is 3.23. The summed E-state index contributed by atoms with van der Waals surface area (Å²) in [4.78, 5) is 16.7. The van der Waals surface area contributed by atoms with Crippen molar-refractivity contribution in [2.75, 3.05) is 11.9 Å². The maximum absolute atomic E-state index is 12.2. The summed E-state index contributed by atoms with van der Waals surface area (Å²) in [7, 11) is 0. The van der Waals surface area contributed by atoms with Crippen molar-refractivity contribution in [1.82, 2.24) is 10.1 Å². The highest BCUT2D eigenvalue weighted by Gasteiger charge is 2.15. The number of carbonyl (C=O) groups excluding carboxylic acids is 1. The van der Waals surface area contributed by atoms with Gasteiger partial charge in [0, 0.05) is 11.3 Å². The van der Waals surface area contributed by atoms with Crippen molar-refractivity contribution < 1.29 is 14.1 Å². The van der Waals surface area contributed by atoms with Gasteiger partial charge < -0.3 is 14.6 Å². The quantitative estimate of drug-likeness (QED) is 0.519. The van der Waals surface area contributed by atoms with Gasteiger partial charge in [-0.1, -0.05) is 59.8 Å². The lowest BCUT2D eigenvalue weighted by molar-refractivity contribution is -0.118. The molecule has 0 radical (unpaired) electrons. The van der Waals surface area contributed by atoms with E-state index in [1.807, 2.05) is 79.7 Å². The molecule has 0 atom stereocenters. The van der Waals surface area contributed by atoms with Crippen LogP contribution in [0.4, 0.5) is 5.69 Å². The Labute approximate surface area is 168 Å². The number of carbonyl (C=O) groups is 1. The molecule has 1 heterocycles. The molecular formula is C23H19N3O3. The van der Waals surface area contributed by atoms with Crippen LogP contribution in [-0.2, 0) is 4.79 Å². The Morgan fingerprint density at radius 1 is 1.00 bits per heavy atom. The van der Waals surface area contributed by atoms with Crippen molar-refractivity contribution >= 4 is 11.6 Å². The van der Waals surface area contributed by atoms with E-state index in [-0.39, 0.29) is 12.5 Å². The van der Waals surface area contributed by atoms with Crippen molar-refractivity contribution in [2.45, 2.75) is 6.92 Å². The summed E-state index contributed by atoms with van der Waals surface area (Å²) in [6, 6.07) is 24.4. The third kappa shape index (κ3) is 4.50. The summed E-state index contributed by atoms with van der Waals surface area (Å²) < 4.78 is 11.2. The number of aromatic nitrogens is 2. The number of rotatable bonds is 6. The summed E-state index contributed by atoms with van der Waals surface area (Å²) in [5, 5.41) is 6.86. The molecule has 6 heteroatoms. The average molecular weight is 385 g/mol. The van der Waals surface area contributed by atoms with Crippen LogP contribution in [0.15, 0.2) is 83.4 Å². The molecule has 6 nitrogen and oxygen atoms in total. The fourth-order valence-electron chi connectivity index (χ4n) is 2.87. The van der Waals surface area contributed by atoms with Gasteiger partial charge in [-0.25, -0.2) is 0 Å². The van der Waals surface area contributed by atoms with E-state index in [2.05, 4.69) is 15.5 Å². The lowest BCUT2D eigenvalue weighted by atomic mass is 10.2. The lowest BCUT2D eigenvalue weighted by Gasteiger charge is -2.10. The van der Waals surface area contributed by atoms with E-state index in [9.17, 15) is 4.79 Å². The molecule has 0 spiro atoms. The van der Waals surface area contributed by atoms with Crippen LogP contribution in [0, 0.1) is 6.92 Å². The summed E-state index contributed by atoms with van der Waals surface area (Å²) in [5.74, 6) is 1.07. The summed E-state index contributed by atoms with van der Waals surface area (Å²) in [5.41, 5.74) is 3.29. The first kappa shape index (κ1) is 18.4. The molecule has 0 bridgehead atoms. The Morgan fingerprint density at radius 2 is 1.79 bits per heavy atom. The van der Waals surface area contributed by atoms with Crippen LogP contribution in [0.25, 0.3) is 22.8 Å². The summed E-state index contributed by atoms with van der Waals surface area (Å²) >= 11 is 0.